The quantitative estimate of drug-likeness (QED) is 0.806. The Morgan fingerprint density at radius 3 is 2.77 bits per heavy atom. The summed E-state index contributed by atoms with van der Waals surface area (Å²) in [7, 11) is 1.58. The Labute approximate surface area is 127 Å². The van der Waals surface area contributed by atoms with Crippen LogP contribution >= 0.6 is 0 Å². The second kappa shape index (κ2) is 5.48. The topological polar surface area (TPSA) is 68.5 Å². The zero-order chi connectivity index (χ0) is 15.7. The Balaban J connectivity index is 2.00. The van der Waals surface area contributed by atoms with Gasteiger partial charge in [0.2, 0.25) is 0 Å². The number of pyridine rings is 2. The maximum absolute atomic E-state index is 12.5. The molecule has 6 nitrogen and oxygen atoms in total. The molecule has 6 heteroatoms. The van der Waals surface area contributed by atoms with Gasteiger partial charge in [0.25, 0.3) is 5.91 Å². The fourth-order valence-corrected chi connectivity index (χ4v) is 2.31. The Morgan fingerprint density at radius 1 is 1.27 bits per heavy atom. The highest BCUT2D eigenvalue weighted by Gasteiger charge is 2.18. The Hall–Kier alpha value is -2.89. The maximum atomic E-state index is 12.5. The van der Waals surface area contributed by atoms with Crippen molar-refractivity contribution in [2.24, 2.45) is 0 Å². The van der Waals surface area contributed by atoms with Crippen LogP contribution in [0, 0.1) is 13.8 Å². The predicted octanol–water partition coefficient (Wildman–Crippen LogP) is 2.61. The summed E-state index contributed by atoms with van der Waals surface area (Å²) < 4.78 is 7.00. The van der Waals surface area contributed by atoms with Gasteiger partial charge in [-0.15, -0.1) is 0 Å². The van der Waals surface area contributed by atoms with Crippen LogP contribution in [0.3, 0.4) is 0 Å². The third-order valence-corrected chi connectivity index (χ3v) is 3.38. The number of imidazole rings is 1. The van der Waals surface area contributed by atoms with Crippen LogP contribution in [0.5, 0.6) is 5.75 Å². The third-order valence-electron chi connectivity index (χ3n) is 3.38. The van der Waals surface area contributed by atoms with E-state index in [4.69, 9.17) is 4.74 Å². The number of nitrogens with zero attached hydrogens (tertiary/aromatic N) is 3. The normalized spacial score (nSPS) is 10.7. The zero-order valence-corrected chi connectivity index (χ0v) is 12.6. The molecule has 3 aromatic heterocycles. The maximum Gasteiger partial charge on any atom is 0.275 e. The number of aryl methyl sites for hydroxylation is 2. The molecule has 0 saturated carbocycles. The summed E-state index contributed by atoms with van der Waals surface area (Å²) >= 11 is 0. The first kappa shape index (κ1) is 14.1. The van der Waals surface area contributed by atoms with E-state index in [1.54, 1.807) is 36.9 Å². The Bertz CT molecular complexity index is 837. The summed E-state index contributed by atoms with van der Waals surface area (Å²) in [5.41, 5.74) is 2.75. The number of anilines is 1. The summed E-state index contributed by atoms with van der Waals surface area (Å²) in [5, 5.41) is 2.79. The lowest BCUT2D eigenvalue weighted by atomic mass is 10.3. The van der Waals surface area contributed by atoms with Crippen LogP contribution in [0.1, 0.15) is 21.7 Å². The molecule has 0 aliphatic heterocycles. The lowest BCUT2D eigenvalue weighted by Gasteiger charge is -2.06. The molecule has 0 aliphatic carbocycles. The number of hydrogen-bond donors (Lipinski definition) is 1. The molecular formula is C16H16N4O2. The number of carbonyl (C=O) groups is 1. The van der Waals surface area contributed by atoms with E-state index in [0.29, 0.717) is 28.6 Å². The van der Waals surface area contributed by atoms with Crippen molar-refractivity contribution in [3.05, 3.63) is 53.6 Å². The smallest absolute Gasteiger partial charge is 0.275 e. The van der Waals surface area contributed by atoms with E-state index in [1.807, 2.05) is 25.1 Å². The first-order chi connectivity index (χ1) is 10.6. The number of nitrogens with one attached hydrogen (secondary N) is 1. The summed E-state index contributed by atoms with van der Waals surface area (Å²) in [6.07, 6.45) is 3.50. The summed E-state index contributed by atoms with van der Waals surface area (Å²) in [6.45, 7) is 3.74. The van der Waals surface area contributed by atoms with Crippen molar-refractivity contribution in [3.8, 4) is 5.75 Å². The Kier molecular flexibility index (Phi) is 3.50. The molecule has 0 bridgehead atoms. The molecule has 22 heavy (non-hydrogen) atoms. The van der Waals surface area contributed by atoms with Gasteiger partial charge >= 0.3 is 0 Å². The fourth-order valence-electron chi connectivity index (χ4n) is 2.31. The average Bonchev–Trinajstić information content (AvgIpc) is 2.85. The monoisotopic (exact) mass is 296 g/mol. The predicted molar refractivity (Wildman–Crippen MR) is 83.4 cm³/mol. The molecule has 3 aromatic rings. The van der Waals surface area contributed by atoms with Crippen LogP contribution in [0.25, 0.3) is 5.65 Å². The molecular weight excluding hydrogens is 280 g/mol. The first-order valence-corrected chi connectivity index (χ1v) is 6.86. The van der Waals surface area contributed by atoms with Crippen molar-refractivity contribution in [3.63, 3.8) is 0 Å². The molecule has 0 spiro atoms. The highest BCUT2D eigenvalue weighted by molar-refractivity contribution is 6.04. The van der Waals surface area contributed by atoms with E-state index >= 15 is 0 Å². The molecule has 0 aliphatic rings. The second-order valence-electron chi connectivity index (χ2n) is 4.99. The molecule has 0 aromatic carbocycles. The number of fused-ring (bicyclic) bond motifs is 1. The molecule has 3 heterocycles. The van der Waals surface area contributed by atoms with Gasteiger partial charge in [-0.1, -0.05) is 6.07 Å². The van der Waals surface area contributed by atoms with Gasteiger partial charge in [0, 0.05) is 12.4 Å². The SMILES string of the molecule is COc1cccn2c(C(=O)Nc3ccc(C)cn3)c(C)nc12. The summed E-state index contributed by atoms with van der Waals surface area (Å²) in [6, 6.07) is 7.29. The molecule has 0 fully saturated rings. The molecule has 1 amide bonds. The number of methoxy groups -OCH3 is 1. The standard InChI is InChI=1S/C16H16N4O2/c1-10-6-7-13(17-9-10)19-16(21)14-11(2)18-15-12(22-3)5-4-8-20(14)15/h4-9H,1-3H3,(H,17,19,21). The number of ether oxygens (including phenoxy) is 1. The van der Waals surface area contributed by atoms with Crippen molar-refractivity contribution in [1.29, 1.82) is 0 Å². The van der Waals surface area contributed by atoms with Gasteiger partial charge in [-0.05, 0) is 37.6 Å². The molecule has 112 valence electrons. The zero-order valence-electron chi connectivity index (χ0n) is 12.6. The minimum Gasteiger partial charge on any atom is -0.493 e. The van der Waals surface area contributed by atoms with Crippen LogP contribution in [-0.4, -0.2) is 27.4 Å². The molecule has 0 radical (unpaired) electrons. The van der Waals surface area contributed by atoms with Crippen molar-refractivity contribution in [2.75, 3.05) is 12.4 Å². The van der Waals surface area contributed by atoms with Crippen LogP contribution in [-0.2, 0) is 0 Å². The van der Waals surface area contributed by atoms with E-state index in [0.717, 1.165) is 5.56 Å². The van der Waals surface area contributed by atoms with Crippen LogP contribution in [0.4, 0.5) is 5.82 Å². The first-order valence-electron chi connectivity index (χ1n) is 6.86. The third kappa shape index (κ3) is 2.39. The van der Waals surface area contributed by atoms with Crippen LogP contribution in [0.15, 0.2) is 36.7 Å². The molecule has 1 N–H and O–H groups in total. The number of aromatic nitrogens is 3. The molecule has 0 saturated heterocycles. The second-order valence-corrected chi connectivity index (χ2v) is 4.99. The lowest BCUT2D eigenvalue weighted by molar-refractivity contribution is 0.102. The number of rotatable bonds is 3. The van der Waals surface area contributed by atoms with Crippen molar-refractivity contribution >= 4 is 17.4 Å². The van der Waals surface area contributed by atoms with E-state index in [9.17, 15) is 4.79 Å². The molecule has 0 unspecified atom stereocenters. The van der Waals surface area contributed by atoms with Gasteiger partial charge in [-0.25, -0.2) is 9.97 Å². The number of carbonyl (C=O) groups excluding carboxylic acids is 1. The van der Waals surface area contributed by atoms with E-state index in [2.05, 4.69) is 15.3 Å². The van der Waals surface area contributed by atoms with Crippen LogP contribution in [0.2, 0.25) is 0 Å². The van der Waals surface area contributed by atoms with E-state index in [-0.39, 0.29) is 5.91 Å². The Morgan fingerprint density at radius 2 is 2.09 bits per heavy atom. The fraction of sp³-hybridized carbons (Fsp3) is 0.188. The van der Waals surface area contributed by atoms with Gasteiger partial charge in [-0.3, -0.25) is 9.20 Å². The van der Waals surface area contributed by atoms with Gasteiger partial charge in [0.1, 0.15) is 11.5 Å². The van der Waals surface area contributed by atoms with Gasteiger partial charge in [0.05, 0.1) is 12.8 Å². The lowest BCUT2D eigenvalue weighted by Crippen LogP contribution is -2.16. The van der Waals surface area contributed by atoms with Crippen LogP contribution < -0.4 is 10.1 Å². The average molecular weight is 296 g/mol. The van der Waals surface area contributed by atoms with E-state index in [1.165, 1.54) is 0 Å². The van der Waals surface area contributed by atoms with Crippen molar-refractivity contribution in [2.45, 2.75) is 13.8 Å². The van der Waals surface area contributed by atoms with Gasteiger partial charge in [0.15, 0.2) is 11.4 Å². The highest BCUT2D eigenvalue weighted by Crippen LogP contribution is 2.22. The molecule has 3 rings (SSSR count). The summed E-state index contributed by atoms with van der Waals surface area (Å²) in [5.74, 6) is 0.876. The minimum atomic E-state index is -0.255. The van der Waals surface area contributed by atoms with Crippen molar-refractivity contribution < 1.29 is 9.53 Å². The highest BCUT2D eigenvalue weighted by atomic mass is 16.5. The number of hydrogen-bond acceptors (Lipinski definition) is 4. The number of amides is 1. The minimum absolute atomic E-state index is 0.255. The molecule has 0 atom stereocenters. The van der Waals surface area contributed by atoms with Crippen molar-refractivity contribution in [1.82, 2.24) is 14.4 Å². The van der Waals surface area contributed by atoms with E-state index < -0.39 is 0 Å². The summed E-state index contributed by atoms with van der Waals surface area (Å²) in [4.78, 5) is 21.1. The largest absolute Gasteiger partial charge is 0.493 e. The van der Waals surface area contributed by atoms with Gasteiger partial charge in [-0.2, -0.15) is 0 Å². The van der Waals surface area contributed by atoms with Gasteiger partial charge < -0.3 is 10.1 Å².